The van der Waals surface area contributed by atoms with Gasteiger partial charge in [0.05, 0.1) is 5.56 Å². The Balaban J connectivity index is 1.63. The molecule has 0 bridgehead atoms. The summed E-state index contributed by atoms with van der Waals surface area (Å²) in [4.78, 5) is 16.3. The smallest absolute Gasteiger partial charge is 0.338 e. The summed E-state index contributed by atoms with van der Waals surface area (Å²) < 4.78 is 5.07. The van der Waals surface area contributed by atoms with Crippen LogP contribution in [0.3, 0.4) is 0 Å². The maximum atomic E-state index is 11.7. The molecule has 0 amide bonds. The lowest BCUT2D eigenvalue weighted by atomic mass is 9.95. The molecule has 21 heavy (non-hydrogen) atoms. The minimum atomic E-state index is -0.221. The van der Waals surface area contributed by atoms with Crippen molar-refractivity contribution in [3.05, 3.63) is 47.2 Å². The van der Waals surface area contributed by atoms with Crippen LogP contribution in [0.25, 0.3) is 11.1 Å². The van der Waals surface area contributed by atoms with Crippen molar-refractivity contribution in [2.75, 3.05) is 11.9 Å². The van der Waals surface area contributed by atoms with Crippen molar-refractivity contribution >= 4 is 11.8 Å². The molecule has 0 radical (unpaired) electrons. The highest BCUT2D eigenvalue weighted by atomic mass is 16.5. The largest absolute Gasteiger partial charge is 0.457 e. The second-order valence-corrected chi connectivity index (χ2v) is 6.20. The summed E-state index contributed by atoms with van der Waals surface area (Å²) >= 11 is 0. The molecule has 104 valence electrons. The molecule has 1 saturated carbocycles. The van der Waals surface area contributed by atoms with Crippen LogP contribution in [0, 0.1) is 0 Å². The van der Waals surface area contributed by atoms with E-state index in [0.29, 0.717) is 17.6 Å². The predicted octanol–water partition coefficient (Wildman–Crippen LogP) is 2.88. The predicted molar refractivity (Wildman–Crippen MR) is 78.2 cm³/mol. The van der Waals surface area contributed by atoms with Gasteiger partial charge in [-0.05, 0) is 30.5 Å². The molecule has 1 fully saturated rings. The first-order valence-corrected chi connectivity index (χ1v) is 7.30. The summed E-state index contributed by atoms with van der Waals surface area (Å²) in [5, 5.41) is 3.40. The van der Waals surface area contributed by atoms with Crippen LogP contribution in [0.2, 0.25) is 0 Å². The van der Waals surface area contributed by atoms with Crippen LogP contribution in [-0.4, -0.2) is 17.5 Å². The molecule has 1 N–H and O–H groups in total. The van der Waals surface area contributed by atoms with E-state index in [0.717, 1.165) is 29.1 Å². The summed E-state index contributed by atoms with van der Waals surface area (Å²) in [5.41, 5.74) is 5.43. The van der Waals surface area contributed by atoms with Crippen molar-refractivity contribution in [3.63, 3.8) is 0 Å². The van der Waals surface area contributed by atoms with Gasteiger partial charge in [-0.15, -0.1) is 0 Å². The molecular weight excluding hydrogens is 264 g/mol. The van der Waals surface area contributed by atoms with Crippen LogP contribution in [-0.2, 0) is 16.8 Å². The first-order chi connectivity index (χ1) is 10.3. The van der Waals surface area contributed by atoms with Crippen LogP contribution in [0.5, 0.6) is 0 Å². The van der Waals surface area contributed by atoms with Gasteiger partial charge in [-0.3, -0.25) is 0 Å². The number of benzene rings is 1. The van der Waals surface area contributed by atoms with E-state index in [1.165, 1.54) is 18.4 Å². The van der Waals surface area contributed by atoms with E-state index < -0.39 is 0 Å². The van der Waals surface area contributed by atoms with Gasteiger partial charge in [0.25, 0.3) is 0 Å². The Morgan fingerprint density at radius 1 is 1.19 bits per heavy atom. The average molecular weight is 278 g/mol. The number of carbonyl (C=O) groups excluding carboxylic acids is 1. The lowest BCUT2D eigenvalue weighted by Gasteiger charge is -2.08. The van der Waals surface area contributed by atoms with E-state index in [1.807, 2.05) is 24.4 Å². The normalized spacial score (nSPS) is 19.9. The monoisotopic (exact) mass is 278 g/mol. The standard InChI is InChI=1S/C17H14N2O2/c20-16-13-5-10(1-2-11(13)8-21-16)12-6-14-15(18-7-12)19-9-17(14)3-4-17/h1-2,5-7H,3-4,8-9H2,(H,18,19). The molecule has 1 aromatic carbocycles. The number of anilines is 1. The molecule has 2 aliphatic heterocycles. The number of esters is 1. The molecule has 3 heterocycles. The Morgan fingerprint density at radius 3 is 2.95 bits per heavy atom. The number of fused-ring (bicyclic) bond motifs is 3. The lowest BCUT2D eigenvalue weighted by molar-refractivity contribution is 0.0535. The summed E-state index contributed by atoms with van der Waals surface area (Å²) in [6.45, 7) is 1.40. The molecule has 0 atom stereocenters. The first kappa shape index (κ1) is 11.3. The van der Waals surface area contributed by atoms with Crippen LogP contribution in [0.1, 0.15) is 34.3 Å². The van der Waals surface area contributed by atoms with Crippen LogP contribution in [0.4, 0.5) is 5.82 Å². The lowest BCUT2D eigenvalue weighted by Crippen LogP contribution is -2.08. The number of rotatable bonds is 1. The van der Waals surface area contributed by atoms with Crippen LogP contribution < -0.4 is 5.32 Å². The Kier molecular flexibility index (Phi) is 1.96. The third-order valence-electron chi connectivity index (χ3n) is 4.93. The Labute approximate surface area is 122 Å². The molecule has 3 aliphatic rings. The SMILES string of the molecule is O=C1OCc2ccc(-c3cnc4c(c3)C3(CC3)CN4)cc21. The van der Waals surface area contributed by atoms with Gasteiger partial charge < -0.3 is 10.1 Å². The maximum absolute atomic E-state index is 11.7. The molecule has 1 aromatic heterocycles. The van der Waals surface area contributed by atoms with E-state index in [-0.39, 0.29) is 5.97 Å². The third-order valence-corrected chi connectivity index (χ3v) is 4.93. The maximum Gasteiger partial charge on any atom is 0.338 e. The average Bonchev–Trinajstić information content (AvgIpc) is 3.10. The zero-order chi connectivity index (χ0) is 14.0. The molecule has 4 nitrogen and oxygen atoms in total. The number of ether oxygens (including phenoxy) is 1. The van der Waals surface area contributed by atoms with E-state index in [2.05, 4.69) is 16.4 Å². The summed E-state index contributed by atoms with van der Waals surface area (Å²) in [6, 6.07) is 8.19. The Bertz CT molecular complexity index is 793. The highest BCUT2D eigenvalue weighted by molar-refractivity contribution is 5.94. The highest BCUT2D eigenvalue weighted by Gasteiger charge is 2.49. The van der Waals surface area contributed by atoms with E-state index in [1.54, 1.807) is 0 Å². The van der Waals surface area contributed by atoms with Crippen LogP contribution >= 0.6 is 0 Å². The van der Waals surface area contributed by atoms with Gasteiger partial charge in [-0.25, -0.2) is 9.78 Å². The highest BCUT2D eigenvalue weighted by Crippen LogP contribution is 2.54. The van der Waals surface area contributed by atoms with Crippen molar-refractivity contribution in [2.45, 2.75) is 24.9 Å². The fourth-order valence-electron chi connectivity index (χ4n) is 3.41. The zero-order valence-corrected chi connectivity index (χ0v) is 11.5. The van der Waals surface area contributed by atoms with E-state index in [4.69, 9.17) is 4.74 Å². The quantitative estimate of drug-likeness (QED) is 0.815. The van der Waals surface area contributed by atoms with Crippen molar-refractivity contribution in [1.82, 2.24) is 4.98 Å². The Hall–Kier alpha value is -2.36. The third kappa shape index (κ3) is 1.50. The minimum absolute atomic E-state index is 0.221. The zero-order valence-electron chi connectivity index (χ0n) is 11.5. The van der Waals surface area contributed by atoms with E-state index in [9.17, 15) is 4.79 Å². The number of carbonyl (C=O) groups is 1. The summed E-state index contributed by atoms with van der Waals surface area (Å²) in [5.74, 6) is 0.804. The number of nitrogens with one attached hydrogen (secondary N) is 1. The van der Waals surface area contributed by atoms with Crippen molar-refractivity contribution in [3.8, 4) is 11.1 Å². The number of pyridine rings is 1. The summed E-state index contributed by atoms with van der Waals surface area (Å²) in [7, 11) is 0. The fraction of sp³-hybridized carbons (Fsp3) is 0.294. The molecule has 5 rings (SSSR count). The summed E-state index contributed by atoms with van der Waals surface area (Å²) in [6.07, 6.45) is 4.37. The Morgan fingerprint density at radius 2 is 2.10 bits per heavy atom. The molecule has 0 saturated heterocycles. The molecular formula is C17H14N2O2. The number of aromatic nitrogens is 1. The number of hydrogen-bond donors (Lipinski definition) is 1. The molecule has 4 heteroatoms. The van der Waals surface area contributed by atoms with Gasteiger partial charge in [-0.1, -0.05) is 12.1 Å². The van der Waals surface area contributed by atoms with Crippen molar-refractivity contribution in [1.29, 1.82) is 0 Å². The molecule has 0 unspecified atom stereocenters. The van der Waals surface area contributed by atoms with Gasteiger partial charge in [-0.2, -0.15) is 0 Å². The molecule has 1 spiro atoms. The number of nitrogens with zero attached hydrogens (tertiary/aromatic N) is 1. The van der Waals surface area contributed by atoms with Crippen molar-refractivity contribution < 1.29 is 9.53 Å². The van der Waals surface area contributed by atoms with Gasteiger partial charge in [0.15, 0.2) is 0 Å². The topological polar surface area (TPSA) is 51.2 Å². The van der Waals surface area contributed by atoms with Crippen LogP contribution in [0.15, 0.2) is 30.5 Å². The number of hydrogen-bond acceptors (Lipinski definition) is 4. The molecule has 1 aliphatic carbocycles. The second-order valence-electron chi connectivity index (χ2n) is 6.20. The van der Waals surface area contributed by atoms with Gasteiger partial charge >= 0.3 is 5.97 Å². The van der Waals surface area contributed by atoms with Crippen molar-refractivity contribution in [2.24, 2.45) is 0 Å². The minimum Gasteiger partial charge on any atom is -0.457 e. The molecule has 2 aromatic rings. The fourth-order valence-corrected chi connectivity index (χ4v) is 3.41. The second kappa shape index (κ2) is 3.64. The first-order valence-electron chi connectivity index (χ1n) is 7.30. The number of cyclic esters (lactones) is 1. The van der Waals surface area contributed by atoms with Gasteiger partial charge in [0, 0.05) is 34.8 Å². The van der Waals surface area contributed by atoms with E-state index >= 15 is 0 Å². The van der Waals surface area contributed by atoms with Gasteiger partial charge in [0.2, 0.25) is 0 Å². The van der Waals surface area contributed by atoms with Gasteiger partial charge in [0.1, 0.15) is 12.4 Å².